The maximum atomic E-state index is 10.7. The van der Waals surface area contributed by atoms with E-state index >= 15 is 0 Å². The van der Waals surface area contributed by atoms with E-state index in [1.54, 1.807) is 6.07 Å². The van der Waals surface area contributed by atoms with Gasteiger partial charge in [-0.25, -0.2) is 0 Å². The Kier molecular flexibility index (Phi) is 2.86. The Morgan fingerprint density at radius 1 is 1.44 bits per heavy atom. The molecule has 0 aliphatic rings. The van der Waals surface area contributed by atoms with E-state index in [4.69, 9.17) is 0 Å². The Labute approximate surface area is 94.7 Å². The third-order valence-corrected chi connectivity index (χ3v) is 2.62. The number of carbonyl (C=O) groups excluding carboxylic acids is 1. The van der Waals surface area contributed by atoms with Crippen molar-refractivity contribution < 1.29 is 4.79 Å². The van der Waals surface area contributed by atoms with Crippen LogP contribution in [0.2, 0.25) is 0 Å². The molecule has 0 bridgehead atoms. The monoisotopic (exact) mass is 214 g/mol. The van der Waals surface area contributed by atoms with Gasteiger partial charge in [-0.15, -0.1) is 0 Å². The van der Waals surface area contributed by atoms with Gasteiger partial charge in [0, 0.05) is 17.7 Å². The zero-order valence-electron chi connectivity index (χ0n) is 9.47. The van der Waals surface area contributed by atoms with E-state index in [0.717, 1.165) is 29.7 Å². The summed E-state index contributed by atoms with van der Waals surface area (Å²) in [5.41, 5.74) is 3.96. The molecule has 0 radical (unpaired) electrons. The number of hydrogen-bond acceptors (Lipinski definition) is 2. The van der Waals surface area contributed by atoms with Gasteiger partial charge in [0.25, 0.3) is 0 Å². The highest BCUT2D eigenvalue weighted by Gasteiger charge is 2.08. The molecule has 1 heterocycles. The second-order valence-corrected chi connectivity index (χ2v) is 3.74. The highest BCUT2D eigenvalue weighted by atomic mass is 16.1. The molecule has 0 amide bonds. The molecule has 3 heteroatoms. The number of carbonyl (C=O) groups is 1. The van der Waals surface area contributed by atoms with Crippen molar-refractivity contribution in [3.05, 3.63) is 41.6 Å². The van der Waals surface area contributed by atoms with Crippen LogP contribution in [0.15, 0.2) is 30.5 Å². The first-order chi connectivity index (χ1) is 7.76. The molecule has 2 rings (SSSR count). The SMILES string of the molecule is CCn1ncc(C)c1-c1cccc(C=O)c1. The molecule has 2 aromatic rings. The topological polar surface area (TPSA) is 34.9 Å². The lowest BCUT2D eigenvalue weighted by Crippen LogP contribution is -1.99. The molecular weight excluding hydrogens is 200 g/mol. The maximum Gasteiger partial charge on any atom is 0.150 e. The van der Waals surface area contributed by atoms with Crippen molar-refractivity contribution in [2.24, 2.45) is 0 Å². The minimum Gasteiger partial charge on any atom is -0.298 e. The van der Waals surface area contributed by atoms with Gasteiger partial charge in [0.2, 0.25) is 0 Å². The lowest BCUT2D eigenvalue weighted by atomic mass is 10.1. The van der Waals surface area contributed by atoms with Crippen LogP contribution in [0.5, 0.6) is 0 Å². The van der Waals surface area contributed by atoms with E-state index in [1.807, 2.05) is 36.0 Å². The zero-order valence-corrected chi connectivity index (χ0v) is 9.47. The quantitative estimate of drug-likeness (QED) is 0.736. The molecule has 1 aromatic heterocycles. The van der Waals surface area contributed by atoms with Gasteiger partial charge in [-0.2, -0.15) is 5.10 Å². The van der Waals surface area contributed by atoms with Gasteiger partial charge >= 0.3 is 0 Å². The summed E-state index contributed by atoms with van der Waals surface area (Å²) in [4.78, 5) is 10.7. The molecule has 0 saturated carbocycles. The van der Waals surface area contributed by atoms with Gasteiger partial charge in [0.05, 0.1) is 11.9 Å². The van der Waals surface area contributed by atoms with E-state index in [1.165, 1.54) is 0 Å². The maximum absolute atomic E-state index is 10.7. The van der Waals surface area contributed by atoms with E-state index in [0.29, 0.717) is 5.56 Å². The molecule has 82 valence electrons. The van der Waals surface area contributed by atoms with Crippen molar-refractivity contribution in [1.29, 1.82) is 0 Å². The molecule has 0 aliphatic carbocycles. The smallest absolute Gasteiger partial charge is 0.150 e. The van der Waals surface area contributed by atoms with Crippen molar-refractivity contribution in [3.63, 3.8) is 0 Å². The Balaban J connectivity index is 2.57. The fourth-order valence-electron chi connectivity index (χ4n) is 1.85. The first kappa shape index (κ1) is 10.6. The van der Waals surface area contributed by atoms with Gasteiger partial charge in [-0.05, 0) is 25.5 Å². The summed E-state index contributed by atoms with van der Waals surface area (Å²) >= 11 is 0. The van der Waals surface area contributed by atoms with E-state index in [9.17, 15) is 4.79 Å². The molecule has 0 unspecified atom stereocenters. The molecule has 1 aromatic carbocycles. The van der Waals surface area contributed by atoms with Crippen molar-refractivity contribution in [2.75, 3.05) is 0 Å². The summed E-state index contributed by atoms with van der Waals surface area (Å²) in [6.45, 7) is 4.91. The standard InChI is InChI=1S/C13H14N2O/c1-3-15-13(10(2)8-14-15)12-6-4-5-11(7-12)9-16/h4-9H,3H2,1-2H3. The highest BCUT2D eigenvalue weighted by Crippen LogP contribution is 2.23. The molecule has 0 aliphatic heterocycles. The predicted molar refractivity (Wildman–Crippen MR) is 63.5 cm³/mol. The van der Waals surface area contributed by atoms with E-state index < -0.39 is 0 Å². The Morgan fingerprint density at radius 2 is 2.25 bits per heavy atom. The zero-order chi connectivity index (χ0) is 11.5. The van der Waals surface area contributed by atoms with Crippen LogP contribution in [0.25, 0.3) is 11.3 Å². The lowest BCUT2D eigenvalue weighted by molar-refractivity contribution is 0.112. The number of benzene rings is 1. The average molecular weight is 214 g/mol. The molecule has 16 heavy (non-hydrogen) atoms. The minimum absolute atomic E-state index is 0.695. The third-order valence-electron chi connectivity index (χ3n) is 2.62. The van der Waals surface area contributed by atoms with Crippen molar-refractivity contribution in [1.82, 2.24) is 9.78 Å². The fourth-order valence-corrected chi connectivity index (χ4v) is 1.85. The van der Waals surface area contributed by atoms with Gasteiger partial charge in [-0.3, -0.25) is 9.48 Å². The Bertz CT molecular complexity index is 514. The minimum atomic E-state index is 0.695. The normalized spacial score (nSPS) is 10.4. The van der Waals surface area contributed by atoms with Gasteiger partial charge in [0.1, 0.15) is 6.29 Å². The second kappa shape index (κ2) is 4.31. The number of aryl methyl sites for hydroxylation is 2. The van der Waals surface area contributed by atoms with Crippen molar-refractivity contribution in [2.45, 2.75) is 20.4 Å². The van der Waals surface area contributed by atoms with Crippen LogP contribution in [0.4, 0.5) is 0 Å². The Morgan fingerprint density at radius 3 is 2.94 bits per heavy atom. The number of rotatable bonds is 3. The molecule has 3 nitrogen and oxygen atoms in total. The van der Waals surface area contributed by atoms with E-state index in [2.05, 4.69) is 12.0 Å². The summed E-state index contributed by atoms with van der Waals surface area (Å²) < 4.78 is 1.94. The average Bonchev–Trinajstić information content (AvgIpc) is 2.70. The van der Waals surface area contributed by atoms with Gasteiger partial charge in [-0.1, -0.05) is 18.2 Å². The van der Waals surface area contributed by atoms with Crippen molar-refractivity contribution in [3.8, 4) is 11.3 Å². The van der Waals surface area contributed by atoms with Crippen LogP contribution in [0, 0.1) is 6.92 Å². The molecule has 0 spiro atoms. The summed E-state index contributed by atoms with van der Waals surface area (Å²) in [7, 11) is 0. The third kappa shape index (κ3) is 1.76. The van der Waals surface area contributed by atoms with Crippen LogP contribution in [-0.2, 0) is 6.54 Å². The molecule has 0 fully saturated rings. The van der Waals surface area contributed by atoms with Crippen LogP contribution >= 0.6 is 0 Å². The summed E-state index contributed by atoms with van der Waals surface area (Å²) in [5.74, 6) is 0. The lowest BCUT2D eigenvalue weighted by Gasteiger charge is -2.06. The highest BCUT2D eigenvalue weighted by molar-refractivity contribution is 5.78. The van der Waals surface area contributed by atoms with Gasteiger partial charge in [0.15, 0.2) is 0 Å². The molecular formula is C13H14N2O. The van der Waals surface area contributed by atoms with Gasteiger partial charge < -0.3 is 0 Å². The van der Waals surface area contributed by atoms with Crippen LogP contribution in [0.1, 0.15) is 22.8 Å². The number of hydrogen-bond donors (Lipinski definition) is 0. The van der Waals surface area contributed by atoms with Crippen LogP contribution in [0.3, 0.4) is 0 Å². The number of aldehydes is 1. The van der Waals surface area contributed by atoms with Crippen LogP contribution in [-0.4, -0.2) is 16.1 Å². The van der Waals surface area contributed by atoms with E-state index in [-0.39, 0.29) is 0 Å². The first-order valence-electron chi connectivity index (χ1n) is 5.34. The largest absolute Gasteiger partial charge is 0.298 e. The molecule has 0 N–H and O–H groups in total. The number of aromatic nitrogens is 2. The first-order valence-corrected chi connectivity index (χ1v) is 5.34. The number of nitrogens with zero attached hydrogens (tertiary/aromatic N) is 2. The second-order valence-electron chi connectivity index (χ2n) is 3.74. The summed E-state index contributed by atoms with van der Waals surface area (Å²) in [6, 6.07) is 7.59. The molecule has 0 saturated heterocycles. The molecule has 0 atom stereocenters. The van der Waals surface area contributed by atoms with Crippen LogP contribution < -0.4 is 0 Å². The summed E-state index contributed by atoms with van der Waals surface area (Å²) in [5, 5.41) is 4.29. The Hall–Kier alpha value is -1.90. The summed E-state index contributed by atoms with van der Waals surface area (Å²) in [6.07, 6.45) is 2.72. The fraction of sp³-hybridized carbons (Fsp3) is 0.231. The van der Waals surface area contributed by atoms with Crippen molar-refractivity contribution >= 4 is 6.29 Å². The predicted octanol–water partition coefficient (Wildman–Crippen LogP) is 2.69.